The second-order valence-corrected chi connectivity index (χ2v) is 10.8. The minimum absolute atomic E-state index is 0.380. The highest BCUT2D eigenvalue weighted by Gasteiger charge is 2.30. The van der Waals surface area contributed by atoms with Gasteiger partial charge in [-0.1, -0.05) is 69.3 Å². The zero-order valence-corrected chi connectivity index (χ0v) is 21.7. The average Bonchev–Trinajstić information content (AvgIpc) is 2.87. The number of aryl methyl sites for hydroxylation is 1. The van der Waals surface area contributed by atoms with Crippen LogP contribution in [-0.2, 0) is 12.6 Å². The predicted molar refractivity (Wildman–Crippen MR) is 144 cm³/mol. The average molecular weight is 494 g/mol. The van der Waals surface area contributed by atoms with E-state index in [1.807, 2.05) is 0 Å². The molecule has 192 valence electrons. The van der Waals surface area contributed by atoms with Crippen LogP contribution in [0.25, 0.3) is 11.1 Å². The predicted octanol–water partition coefficient (Wildman–Crippen LogP) is 9.51. The maximum absolute atomic E-state index is 13.2. The molecule has 0 spiro atoms. The number of benzene rings is 3. The zero-order chi connectivity index (χ0) is 25.7. The van der Waals surface area contributed by atoms with Crippen molar-refractivity contribution in [3.63, 3.8) is 0 Å². The van der Waals surface area contributed by atoms with Crippen molar-refractivity contribution in [2.45, 2.75) is 77.4 Å². The van der Waals surface area contributed by atoms with E-state index in [-0.39, 0.29) is 0 Å². The van der Waals surface area contributed by atoms with Gasteiger partial charge in [0.25, 0.3) is 0 Å². The number of nitrogens with zero attached hydrogens (tertiary/aromatic N) is 1. The number of rotatable bonds is 8. The normalized spacial score (nSPS) is 17.4. The molecule has 0 saturated carbocycles. The fourth-order valence-corrected chi connectivity index (χ4v) is 5.57. The van der Waals surface area contributed by atoms with Gasteiger partial charge in [0.15, 0.2) is 0 Å². The van der Waals surface area contributed by atoms with E-state index in [0.29, 0.717) is 17.9 Å². The monoisotopic (exact) mass is 493 g/mol. The highest BCUT2D eigenvalue weighted by Crippen LogP contribution is 2.37. The Hall–Kier alpha value is -2.75. The van der Waals surface area contributed by atoms with Crippen molar-refractivity contribution in [3.8, 4) is 11.1 Å². The molecule has 0 aromatic heterocycles. The molecule has 36 heavy (non-hydrogen) atoms. The molecule has 0 bridgehead atoms. The van der Waals surface area contributed by atoms with Crippen molar-refractivity contribution >= 4 is 5.69 Å². The Bertz CT molecular complexity index is 1100. The van der Waals surface area contributed by atoms with Gasteiger partial charge in [-0.05, 0) is 96.9 Å². The van der Waals surface area contributed by atoms with Gasteiger partial charge in [0.2, 0.25) is 0 Å². The van der Waals surface area contributed by atoms with Crippen molar-refractivity contribution in [1.29, 1.82) is 0 Å². The number of anilines is 1. The van der Waals surface area contributed by atoms with E-state index in [2.05, 4.69) is 74.2 Å². The lowest BCUT2D eigenvalue weighted by atomic mass is 9.88. The lowest BCUT2D eigenvalue weighted by Gasteiger charge is -2.38. The maximum Gasteiger partial charge on any atom is 0.416 e. The van der Waals surface area contributed by atoms with Crippen LogP contribution in [0.4, 0.5) is 18.9 Å². The second-order valence-electron chi connectivity index (χ2n) is 10.8. The first-order valence-corrected chi connectivity index (χ1v) is 13.3. The summed E-state index contributed by atoms with van der Waals surface area (Å²) in [7, 11) is 0. The Balaban J connectivity index is 1.67. The third-order valence-corrected chi connectivity index (χ3v) is 7.45. The third-order valence-electron chi connectivity index (χ3n) is 7.45. The zero-order valence-electron chi connectivity index (χ0n) is 21.7. The number of halogens is 3. The Labute approximate surface area is 214 Å². The molecule has 4 heteroatoms. The van der Waals surface area contributed by atoms with Gasteiger partial charge < -0.3 is 4.90 Å². The van der Waals surface area contributed by atoms with Crippen LogP contribution in [-0.4, -0.2) is 12.6 Å². The van der Waals surface area contributed by atoms with Crippen molar-refractivity contribution in [1.82, 2.24) is 0 Å². The van der Waals surface area contributed by atoms with E-state index >= 15 is 0 Å². The summed E-state index contributed by atoms with van der Waals surface area (Å²) < 4.78 is 39.5. The molecule has 1 nitrogen and oxygen atoms in total. The van der Waals surface area contributed by atoms with Gasteiger partial charge in [-0.2, -0.15) is 13.2 Å². The highest BCUT2D eigenvalue weighted by molar-refractivity contribution is 5.71. The van der Waals surface area contributed by atoms with Crippen LogP contribution >= 0.6 is 0 Å². The fourth-order valence-electron chi connectivity index (χ4n) is 5.57. The SMILES string of the molecule is CC(C)C[C@@H](C)c1cc(-c2ccc(C(F)(F)F)cc2)cc(N2CCCCC2CCc2ccccc2)c1. The molecule has 0 radical (unpaired) electrons. The molecule has 1 saturated heterocycles. The summed E-state index contributed by atoms with van der Waals surface area (Å²) in [5.41, 5.74) is 5.07. The summed E-state index contributed by atoms with van der Waals surface area (Å²) in [5.74, 6) is 0.956. The first-order chi connectivity index (χ1) is 17.2. The molecular weight excluding hydrogens is 455 g/mol. The largest absolute Gasteiger partial charge is 0.416 e. The smallest absolute Gasteiger partial charge is 0.369 e. The summed E-state index contributed by atoms with van der Waals surface area (Å²) in [6.45, 7) is 7.76. The first-order valence-electron chi connectivity index (χ1n) is 13.3. The van der Waals surface area contributed by atoms with Crippen molar-refractivity contribution in [2.75, 3.05) is 11.4 Å². The maximum atomic E-state index is 13.2. The molecule has 2 atom stereocenters. The molecule has 4 rings (SSSR count). The third kappa shape index (κ3) is 6.72. The summed E-state index contributed by atoms with van der Waals surface area (Å²) in [6, 6.07) is 23.5. The van der Waals surface area contributed by atoms with Crippen molar-refractivity contribution < 1.29 is 13.2 Å². The quantitative estimate of drug-likeness (QED) is 0.302. The van der Waals surface area contributed by atoms with E-state index in [4.69, 9.17) is 0 Å². The molecule has 3 aromatic rings. The summed E-state index contributed by atoms with van der Waals surface area (Å²) >= 11 is 0. The number of alkyl halides is 3. The topological polar surface area (TPSA) is 3.24 Å². The van der Waals surface area contributed by atoms with Gasteiger partial charge in [-0.3, -0.25) is 0 Å². The molecule has 1 fully saturated rings. The first kappa shape index (κ1) is 26.3. The number of hydrogen-bond acceptors (Lipinski definition) is 1. The Morgan fingerprint density at radius 2 is 1.58 bits per heavy atom. The lowest BCUT2D eigenvalue weighted by molar-refractivity contribution is -0.137. The van der Waals surface area contributed by atoms with Gasteiger partial charge in [0.05, 0.1) is 5.56 Å². The van der Waals surface area contributed by atoms with Gasteiger partial charge in [0.1, 0.15) is 0 Å². The molecule has 1 heterocycles. The highest BCUT2D eigenvalue weighted by atomic mass is 19.4. The molecule has 0 amide bonds. The van der Waals surface area contributed by atoms with Crippen LogP contribution in [0.1, 0.15) is 75.5 Å². The van der Waals surface area contributed by atoms with E-state index in [9.17, 15) is 13.2 Å². The van der Waals surface area contributed by atoms with Crippen LogP contribution in [0.5, 0.6) is 0 Å². The van der Waals surface area contributed by atoms with Crippen LogP contribution in [0.2, 0.25) is 0 Å². The molecule has 0 N–H and O–H groups in total. The van der Waals surface area contributed by atoms with Crippen LogP contribution in [0, 0.1) is 5.92 Å². The summed E-state index contributed by atoms with van der Waals surface area (Å²) in [5, 5.41) is 0. The van der Waals surface area contributed by atoms with Crippen molar-refractivity contribution in [2.24, 2.45) is 5.92 Å². The number of piperidine rings is 1. The van der Waals surface area contributed by atoms with E-state index in [1.165, 1.54) is 48.2 Å². The van der Waals surface area contributed by atoms with E-state index < -0.39 is 11.7 Å². The Kier molecular flexibility index (Phi) is 8.43. The second kappa shape index (κ2) is 11.5. The lowest BCUT2D eigenvalue weighted by Crippen LogP contribution is -2.40. The Morgan fingerprint density at radius 3 is 2.25 bits per heavy atom. The van der Waals surface area contributed by atoms with Crippen LogP contribution < -0.4 is 4.90 Å². The molecular formula is C32H38F3N. The number of hydrogen-bond donors (Lipinski definition) is 0. The molecule has 1 aliphatic heterocycles. The van der Waals surface area contributed by atoms with Gasteiger partial charge in [-0.25, -0.2) is 0 Å². The molecule has 1 aliphatic rings. The molecule has 1 unspecified atom stereocenters. The van der Waals surface area contributed by atoms with Crippen molar-refractivity contribution in [3.05, 3.63) is 89.5 Å². The van der Waals surface area contributed by atoms with Gasteiger partial charge in [0, 0.05) is 18.3 Å². The summed E-state index contributed by atoms with van der Waals surface area (Å²) in [4.78, 5) is 2.56. The minimum atomic E-state index is -4.32. The molecule has 0 aliphatic carbocycles. The fraction of sp³-hybridized carbons (Fsp3) is 0.438. The summed E-state index contributed by atoms with van der Waals surface area (Å²) in [6.07, 6.45) is 2.50. The van der Waals surface area contributed by atoms with Crippen LogP contribution in [0.15, 0.2) is 72.8 Å². The van der Waals surface area contributed by atoms with Gasteiger partial charge >= 0.3 is 6.18 Å². The molecule has 3 aromatic carbocycles. The van der Waals surface area contributed by atoms with Gasteiger partial charge in [-0.15, -0.1) is 0 Å². The Morgan fingerprint density at radius 1 is 0.861 bits per heavy atom. The van der Waals surface area contributed by atoms with Crippen LogP contribution in [0.3, 0.4) is 0 Å². The van der Waals surface area contributed by atoms with E-state index in [0.717, 1.165) is 36.9 Å². The minimum Gasteiger partial charge on any atom is -0.369 e. The van der Waals surface area contributed by atoms with E-state index in [1.54, 1.807) is 12.1 Å². The standard InChI is InChI=1S/C32H38F3N/c1-23(2)19-24(3)27-20-28(26-13-15-29(16-14-26)32(33,34)35)22-31(21-27)36-18-8-7-11-30(36)17-12-25-9-5-4-6-10-25/h4-6,9-10,13-16,20-24,30H,7-8,11-12,17-19H2,1-3H3/t24-,30?/m1/s1.